The minimum Gasteiger partial charge on any atom is -0.508 e. The molecule has 3 aromatic heterocycles. The van der Waals surface area contributed by atoms with Crippen LogP contribution >= 0.6 is 0 Å². The molecule has 116 heavy (non-hydrogen) atoms. The van der Waals surface area contributed by atoms with Crippen LogP contribution in [-0.4, -0.2) is 139 Å². The second kappa shape index (κ2) is 40.7. The van der Waals surface area contributed by atoms with Crippen molar-refractivity contribution in [2.24, 2.45) is 0 Å². The molecule has 5 N–H and O–H groups in total. The van der Waals surface area contributed by atoms with E-state index in [2.05, 4.69) is 183 Å². The molecule has 0 amide bonds. The van der Waals surface area contributed by atoms with Gasteiger partial charge in [0.2, 0.25) is 0 Å². The Kier molecular flexibility index (Phi) is 29.0. The molecule has 6 heterocycles. The van der Waals surface area contributed by atoms with Crippen LogP contribution in [0.4, 0.5) is 0 Å². The number of phenols is 4. The number of rotatable bonds is 24. The Morgan fingerprint density at radius 1 is 0.328 bits per heavy atom. The van der Waals surface area contributed by atoms with Crippen LogP contribution in [0.1, 0.15) is 130 Å². The van der Waals surface area contributed by atoms with Gasteiger partial charge in [0.25, 0.3) is 5.97 Å². The molecule has 16 heteroatoms. The van der Waals surface area contributed by atoms with Crippen molar-refractivity contribution in [2.45, 2.75) is 138 Å². The van der Waals surface area contributed by atoms with Crippen molar-refractivity contribution in [1.29, 1.82) is 0 Å². The zero-order valence-corrected chi connectivity index (χ0v) is 68.2. The first-order valence-electron chi connectivity index (χ1n) is 41.6. The molecule has 3 saturated heterocycles. The summed E-state index contributed by atoms with van der Waals surface area (Å²) in [7, 11) is 0. The molecule has 0 spiro atoms. The van der Waals surface area contributed by atoms with Crippen LogP contribution in [0.2, 0.25) is 0 Å². The van der Waals surface area contributed by atoms with Gasteiger partial charge < -0.3 is 58.2 Å². The smallest absolute Gasteiger partial charge is 0.300 e. The number of aromatic hydroxyl groups is 4. The summed E-state index contributed by atoms with van der Waals surface area (Å²) in [6.07, 6.45) is 16.0. The minimum absolute atomic E-state index is 0. The van der Waals surface area contributed by atoms with E-state index in [1.54, 1.807) is 36.4 Å². The molecule has 606 valence electrons. The standard InChI is InChI=1S/C38H42N2O2.2C30H34N2O3.C2H4O2.H2/c1-29-12-21-37-36(26-29)30(2)38(33-15-19-35(20-16-33)42-28-32-10-6-5-7-11-32)40(37)27-31-13-17-34(18-14-31)41-25-24-39-22-8-3-4-9-23-39;2*1-22-28-20-26(34)12-15-29(28)32(30(22)24-8-10-25(33)11-9-24)21-23-6-13-27(14-7-23)35-19-18-31-16-4-2-3-5-17-31;1-2(3)4;/h5-7,10-21,26H,3-4,8-9,22-25,27-28H2,1-2H3;2*6-15,20,33-34H,2-5,16-19,21H2,1H3;1H3,(H,3,4);1H. The van der Waals surface area contributed by atoms with Gasteiger partial charge in [0.1, 0.15) is 72.4 Å². The zero-order chi connectivity index (χ0) is 80.7. The normalized spacial score (nSPS) is 14.2. The average Bonchev–Trinajstić information content (AvgIpc) is 1.62. The molecule has 3 aliphatic rings. The van der Waals surface area contributed by atoms with Gasteiger partial charge in [-0.25, -0.2) is 0 Å². The molecule has 16 rings (SSSR count). The SMILES string of the molecule is CC(=O)O.Cc1c(-c2ccc(O)cc2)n(Cc2ccc(OCCN3CCCCCC3)cc2)c2ccc(O)cc12.Cc1c(-c2ccc(O)cc2)n(Cc2ccc(OCCN3CCCCCC3)cc2)c2ccc(O)cc12.Cc1ccc2c(c1)c(C)c(-c1ccc(OCc3ccccc3)cc1)n2Cc1ccc(OCCN2CCCCCC2)cc1.[HH]. The fraction of sp³-hybridized carbons (Fsp3) is 0.330. The third kappa shape index (κ3) is 22.4. The van der Waals surface area contributed by atoms with E-state index in [1.807, 2.05) is 66.7 Å². The molecule has 3 aliphatic heterocycles. The van der Waals surface area contributed by atoms with Crippen LogP contribution in [0.5, 0.6) is 46.0 Å². The number of hydrogen-bond donors (Lipinski definition) is 5. The van der Waals surface area contributed by atoms with E-state index >= 15 is 0 Å². The number of fused-ring (bicyclic) bond motifs is 3. The second-order valence-electron chi connectivity index (χ2n) is 31.3. The number of carboxylic acid groups (broad SMARTS) is 1. The number of aliphatic carboxylic acids is 1. The number of hydrogen-bond acceptors (Lipinski definition) is 12. The van der Waals surface area contributed by atoms with Crippen molar-refractivity contribution in [1.82, 2.24) is 28.4 Å². The summed E-state index contributed by atoms with van der Waals surface area (Å²) < 4.78 is 31.3. The van der Waals surface area contributed by atoms with Crippen molar-refractivity contribution in [3.8, 4) is 79.8 Å². The molecule has 0 bridgehead atoms. The number of aromatic nitrogens is 3. The summed E-state index contributed by atoms with van der Waals surface area (Å²) in [5.41, 5.74) is 19.7. The quantitative estimate of drug-likeness (QED) is 0.0386. The van der Waals surface area contributed by atoms with E-state index in [0.717, 1.165) is 131 Å². The average molecular weight is 1560 g/mol. The first-order chi connectivity index (χ1) is 56.5. The van der Waals surface area contributed by atoms with Gasteiger partial charge in [0.15, 0.2) is 0 Å². The van der Waals surface area contributed by atoms with Crippen molar-refractivity contribution >= 4 is 38.7 Å². The van der Waals surface area contributed by atoms with E-state index in [4.69, 9.17) is 28.8 Å². The van der Waals surface area contributed by atoms with Gasteiger partial charge in [-0.3, -0.25) is 19.5 Å². The summed E-state index contributed by atoms with van der Waals surface area (Å²) >= 11 is 0. The van der Waals surface area contributed by atoms with Crippen LogP contribution in [-0.2, 0) is 31.0 Å². The number of carbonyl (C=O) groups is 1. The zero-order valence-electron chi connectivity index (χ0n) is 68.2. The molecule has 0 unspecified atom stereocenters. The maximum absolute atomic E-state index is 10.1. The van der Waals surface area contributed by atoms with Crippen LogP contribution in [0.15, 0.2) is 231 Å². The number of likely N-dealkylation sites (tertiary alicyclic amines) is 3. The monoisotopic (exact) mass is 1560 g/mol. The van der Waals surface area contributed by atoms with Gasteiger partial charge in [0.05, 0.1) is 17.1 Å². The van der Waals surface area contributed by atoms with E-state index in [0.29, 0.717) is 19.7 Å². The van der Waals surface area contributed by atoms with E-state index < -0.39 is 5.97 Å². The van der Waals surface area contributed by atoms with Gasteiger partial charge in [-0.1, -0.05) is 117 Å². The van der Waals surface area contributed by atoms with Crippen LogP contribution in [0, 0.1) is 27.7 Å². The fourth-order valence-corrected chi connectivity index (χ4v) is 16.5. The third-order valence-corrected chi connectivity index (χ3v) is 22.6. The van der Waals surface area contributed by atoms with Crippen molar-refractivity contribution in [2.75, 3.05) is 78.7 Å². The van der Waals surface area contributed by atoms with Gasteiger partial charge >= 0.3 is 0 Å². The Balaban J connectivity index is 0.000000158. The number of ether oxygens (including phenoxy) is 4. The van der Waals surface area contributed by atoms with Crippen LogP contribution in [0.25, 0.3) is 66.5 Å². The lowest BCUT2D eigenvalue weighted by molar-refractivity contribution is -0.134. The highest BCUT2D eigenvalue weighted by Crippen LogP contribution is 2.40. The molecule has 3 fully saturated rings. The Morgan fingerprint density at radius 2 is 0.612 bits per heavy atom. The Hall–Kier alpha value is -11.4. The van der Waals surface area contributed by atoms with Crippen LogP contribution in [0.3, 0.4) is 0 Å². The first kappa shape index (κ1) is 82.5. The van der Waals surface area contributed by atoms with Gasteiger partial charge in [-0.15, -0.1) is 0 Å². The highest BCUT2D eigenvalue weighted by molar-refractivity contribution is 5.95. The van der Waals surface area contributed by atoms with E-state index in [9.17, 15) is 20.4 Å². The number of aryl methyl sites for hydroxylation is 4. The Bertz CT molecular complexity index is 5070. The predicted octanol–water partition coefficient (Wildman–Crippen LogP) is 21.8. The highest BCUT2D eigenvalue weighted by Gasteiger charge is 2.22. The molecule has 0 saturated carbocycles. The molecular formula is C100H116N6O10. The third-order valence-electron chi connectivity index (χ3n) is 22.6. The predicted molar refractivity (Wildman–Crippen MR) is 472 cm³/mol. The molecule has 10 aromatic carbocycles. The van der Waals surface area contributed by atoms with Gasteiger partial charge in [0, 0.05) is 80.3 Å². The van der Waals surface area contributed by atoms with Crippen molar-refractivity contribution in [3.63, 3.8) is 0 Å². The minimum atomic E-state index is -0.833. The summed E-state index contributed by atoms with van der Waals surface area (Å²) in [4.78, 5) is 16.6. The summed E-state index contributed by atoms with van der Waals surface area (Å²) in [6.45, 7) is 24.7. The number of carboxylic acids is 1. The Labute approximate surface area is 685 Å². The first-order valence-corrected chi connectivity index (χ1v) is 41.6. The molecule has 0 aliphatic carbocycles. The second-order valence-corrected chi connectivity index (χ2v) is 31.3. The molecular weight excluding hydrogens is 1450 g/mol. The largest absolute Gasteiger partial charge is 0.508 e. The lowest BCUT2D eigenvalue weighted by Crippen LogP contribution is -2.29. The lowest BCUT2D eigenvalue weighted by Gasteiger charge is -2.19. The maximum atomic E-state index is 10.1. The van der Waals surface area contributed by atoms with Gasteiger partial charge in [-0.05, 0) is 319 Å². The fourth-order valence-electron chi connectivity index (χ4n) is 16.5. The topological polar surface area (TPSA) is 180 Å². The highest BCUT2D eigenvalue weighted by atomic mass is 16.5. The summed E-state index contributed by atoms with van der Waals surface area (Å²) in [5, 5.41) is 50.5. The molecule has 0 atom stereocenters. The van der Waals surface area contributed by atoms with Gasteiger partial charge in [-0.2, -0.15) is 0 Å². The van der Waals surface area contributed by atoms with Crippen molar-refractivity contribution < 1.29 is 50.7 Å². The molecule has 0 radical (unpaired) electrons. The van der Waals surface area contributed by atoms with E-state index in [1.165, 1.54) is 172 Å². The Morgan fingerprint density at radius 3 is 0.948 bits per heavy atom. The number of benzene rings is 10. The number of nitrogens with zero attached hydrogens (tertiary/aromatic N) is 6. The lowest BCUT2D eigenvalue weighted by atomic mass is 10.1. The summed E-state index contributed by atoms with van der Waals surface area (Å²) in [5.74, 6) is 3.82. The van der Waals surface area contributed by atoms with Crippen molar-refractivity contribution in [3.05, 3.63) is 275 Å². The summed E-state index contributed by atoms with van der Waals surface area (Å²) in [6, 6.07) is 76.7. The molecule has 16 nitrogen and oxygen atoms in total. The number of phenolic OH excluding ortho intramolecular Hbond substituents is 4. The van der Waals surface area contributed by atoms with E-state index in [-0.39, 0.29) is 24.4 Å². The maximum Gasteiger partial charge on any atom is 0.300 e. The molecule has 13 aromatic rings. The van der Waals surface area contributed by atoms with Crippen LogP contribution < -0.4 is 18.9 Å².